The van der Waals surface area contributed by atoms with Crippen molar-refractivity contribution in [1.29, 1.82) is 0 Å². The Bertz CT molecular complexity index is 1450. The molecule has 0 rings (SSSR count). The Balaban J connectivity index is 4.04. The van der Waals surface area contributed by atoms with Crippen LogP contribution in [0.4, 0.5) is 0 Å². The maximum Gasteiger partial charge on any atom is 0.268 e. The van der Waals surface area contributed by atoms with Gasteiger partial charge >= 0.3 is 0 Å². The van der Waals surface area contributed by atoms with Gasteiger partial charge < -0.3 is 28.8 Å². The standard InChI is InChI=1S/C69H131N2O6P/c1-6-8-10-12-14-16-18-20-22-24-26-28-30-31-32-33-34-35-36-37-38-39-41-42-44-46-48-50-52-54-56-58-60-62-68(72)67(66-77-78(74,75)76-65-64-71(3,4)5)70-69(73)63-61-59-57-55-53-51-49-47-45-43-40-29-27-25-23-21-19-17-15-13-11-9-7-2/h9,11,15,17,21,23,27,29,43,45,67-68,72H,6-8,10,12-14,16,18-20,22,24-26,28,30-42,44,46-66H2,1-5H3,(H-,70,73,74,75)/b11-9-,17-15-,23-21-,29-27-,45-43-. The van der Waals surface area contributed by atoms with Gasteiger partial charge in [0.1, 0.15) is 13.2 Å². The van der Waals surface area contributed by atoms with Crippen molar-refractivity contribution in [2.75, 3.05) is 40.9 Å². The molecule has 0 fully saturated rings. The maximum absolute atomic E-state index is 13.0. The smallest absolute Gasteiger partial charge is 0.268 e. The number of hydrogen-bond donors (Lipinski definition) is 2. The quantitative estimate of drug-likeness (QED) is 0.0272. The summed E-state index contributed by atoms with van der Waals surface area (Å²) in [5.41, 5.74) is 0. The SMILES string of the molecule is CC/C=C\C/C=C\C/C=C\C/C=C\C/C=C\CCCCCCCCCC(=O)NC(COP(=O)([O-])OCC[N+](C)(C)C)C(O)CCCCCCCCCCCCCCCCCCCCCCCCCCCCCCCCCCC. The number of nitrogens with zero attached hydrogens (tertiary/aromatic N) is 1. The molecule has 1 amide bonds. The zero-order valence-corrected chi connectivity index (χ0v) is 53.3. The molecule has 458 valence electrons. The van der Waals surface area contributed by atoms with Crippen LogP contribution >= 0.6 is 7.82 Å². The van der Waals surface area contributed by atoms with Gasteiger partial charge in [-0.1, -0.05) is 319 Å². The first-order valence-corrected chi connectivity index (χ1v) is 35.1. The zero-order chi connectivity index (χ0) is 57.0. The molecule has 0 heterocycles. The molecular formula is C69H131N2O6P. The molecule has 0 aliphatic heterocycles. The van der Waals surface area contributed by atoms with E-state index in [1.165, 1.54) is 212 Å². The molecule has 0 aliphatic carbocycles. The first-order chi connectivity index (χ1) is 38.0. The number of carbonyl (C=O) groups is 1. The average molecular weight is 1120 g/mol. The van der Waals surface area contributed by atoms with Crippen LogP contribution in [0.1, 0.15) is 322 Å². The lowest BCUT2D eigenvalue weighted by Crippen LogP contribution is -2.46. The fourth-order valence-electron chi connectivity index (χ4n) is 10.1. The average Bonchev–Trinajstić information content (AvgIpc) is 3.41. The molecule has 2 N–H and O–H groups in total. The third-order valence-corrected chi connectivity index (χ3v) is 16.2. The number of phosphoric ester groups is 1. The summed E-state index contributed by atoms with van der Waals surface area (Å²) in [5, 5.41) is 14.1. The second-order valence-corrected chi connectivity index (χ2v) is 25.6. The Morgan fingerprint density at radius 2 is 0.782 bits per heavy atom. The Morgan fingerprint density at radius 1 is 0.462 bits per heavy atom. The van der Waals surface area contributed by atoms with Crippen LogP contribution in [0.15, 0.2) is 60.8 Å². The third-order valence-electron chi connectivity index (χ3n) is 15.3. The van der Waals surface area contributed by atoms with Crippen LogP contribution in [0.2, 0.25) is 0 Å². The number of rotatable bonds is 62. The summed E-state index contributed by atoms with van der Waals surface area (Å²) < 4.78 is 23.5. The Labute approximate surface area is 485 Å². The van der Waals surface area contributed by atoms with Crippen molar-refractivity contribution in [3.63, 3.8) is 0 Å². The predicted molar refractivity (Wildman–Crippen MR) is 339 cm³/mol. The number of allylic oxidation sites excluding steroid dienone is 10. The summed E-state index contributed by atoms with van der Waals surface area (Å²) in [5.74, 6) is -0.174. The van der Waals surface area contributed by atoms with Crippen molar-refractivity contribution in [2.24, 2.45) is 0 Å². The number of carbonyl (C=O) groups excluding carboxylic acids is 1. The first-order valence-electron chi connectivity index (χ1n) is 33.6. The van der Waals surface area contributed by atoms with Crippen LogP contribution < -0.4 is 10.2 Å². The van der Waals surface area contributed by atoms with E-state index in [9.17, 15) is 19.4 Å². The van der Waals surface area contributed by atoms with Crippen LogP contribution in [0, 0.1) is 0 Å². The minimum atomic E-state index is -4.59. The minimum absolute atomic E-state index is 0.00781. The van der Waals surface area contributed by atoms with Crippen molar-refractivity contribution in [3.8, 4) is 0 Å². The lowest BCUT2D eigenvalue weighted by atomic mass is 10.0. The van der Waals surface area contributed by atoms with E-state index < -0.39 is 20.0 Å². The highest BCUT2D eigenvalue weighted by atomic mass is 31.2. The molecule has 0 aromatic carbocycles. The first kappa shape index (κ1) is 76.2. The van der Waals surface area contributed by atoms with Gasteiger partial charge in [0.15, 0.2) is 0 Å². The largest absolute Gasteiger partial charge is 0.756 e. The number of unbranched alkanes of at least 4 members (excludes halogenated alkanes) is 39. The van der Waals surface area contributed by atoms with Gasteiger partial charge in [-0.25, -0.2) is 0 Å². The highest BCUT2D eigenvalue weighted by Crippen LogP contribution is 2.38. The topological polar surface area (TPSA) is 108 Å². The molecule has 9 heteroatoms. The molecule has 0 aromatic rings. The number of aliphatic hydroxyl groups excluding tert-OH is 1. The molecule has 8 nitrogen and oxygen atoms in total. The van der Waals surface area contributed by atoms with E-state index in [0.29, 0.717) is 23.9 Å². The molecule has 78 heavy (non-hydrogen) atoms. The number of phosphoric acid groups is 1. The predicted octanol–water partition coefficient (Wildman–Crippen LogP) is 20.6. The molecule has 0 aliphatic rings. The number of amides is 1. The Hall–Kier alpha value is -1.80. The lowest BCUT2D eigenvalue weighted by Gasteiger charge is -2.30. The molecule has 0 aromatic heterocycles. The Morgan fingerprint density at radius 3 is 1.14 bits per heavy atom. The summed E-state index contributed by atoms with van der Waals surface area (Å²) in [6, 6.07) is -0.812. The van der Waals surface area contributed by atoms with Crippen molar-refractivity contribution in [1.82, 2.24) is 5.32 Å². The van der Waals surface area contributed by atoms with Gasteiger partial charge in [-0.05, 0) is 57.8 Å². The van der Waals surface area contributed by atoms with Gasteiger partial charge in [0.2, 0.25) is 5.91 Å². The summed E-state index contributed by atoms with van der Waals surface area (Å²) in [6.07, 6.45) is 81.5. The summed E-state index contributed by atoms with van der Waals surface area (Å²) in [6.45, 7) is 4.64. The Kier molecular flexibility index (Phi) is 58.4. The summed E-state index contributed by atoms with van der Waals surface area (Å²) in [4.78, 5) is 25.6. The number of quaternary nitrogens is 1. The van der Waals surface area contributed by atoms with Gasteiger partial charge in [-0.3, -0.25) is 9.36 Å². The normalized spacial score (nSPS) is 14.1. The second kappa shape index (κ2) is 59.8. The van der Waals surface area contributed by atoms with Crippen LogP contribution in [0.3, 0.4) is 0 Å². The molecule has 0 saturated heterocycles. The number of hydrogen-bond acceptors (Lipinski definition) is 6. The van der Waals surface area contributed by atoms with Gasteiger partial charge in [-0.15, -0.1) is 0 Å². The van der Waals surface area contributed by atoms with Crippen molar-refractivity contribution < 1.29 is 32.9 Å². The van der Waals surface area contributed by atoms with E-state index in [1.807, 2.05) is 21.1 Å². The van der Waals surface area contributed by atoms with E-state index in [-0.39, 0.29) is 19.1 Å². The van der Waals surface area contributed by atoms with E-state index in [2.05, 4.69) is 79.9 Å². The van der Waals surface area contributed by atoms with E-state index >= 15 is 0 Å². The van der Waals surface area contributed by atoms with Crippen molar-refractivity contribution >= 4 is 13.7 Å². The fourth-order valence-corrected chi connectivity index (χ4v) is 10.8. The highest BCUT2D eigenvalue weighted by molar-refractivity contribution is 7.45. The van der Waals surface area contributed by atoms with Gasteiger partial charge in [0.25, 0.3) is 7.82 Å². The molecule has 0 bridgehead atoms. The lowest BCUT2D eigenvalue weighted by molar-refractivity contribution is -0.870. The molecular weight excluding hydrogens is 984 g/mol. The minimum Gasteiger partial charge on any atom is -0.756 e. The second-order valence-electron chi connectivity index (χ2n) is 24.2. The monoisotopic (exact) mass is 1110 g/mol. The number of nitrogens with one attached hydrogen (secondary N) is 1. The zero-order valence-electron chi connectivity index (χ0n) is 52.4. The molecule has 0 spiro atoms. The summed E-state index contributed by atoms with van der Waals surface area (Å²) in [7, 11) is 1.30. The molecule has 0 radical (unpaired) electrons. The molecule has 3 atom stereocenters. The van der Waals surface area contributed by atoms with E-state index in [4.69, 9.17) is 9.05 Å². The van der Waals surface area contributed by atoms with Crippen LogP contribution in [-0.2, 0) is 18.4 Å². The number of likely N-dealkylation sites (N-methyl/N-ethyl adjacent to an activating group) is 1. The van der Waals surface area contributed by atoms with Gasteiger partial charge in [0.05, 0.1) is 39.9 Å². The van der Waals surface area contributed by atoms with E-state index in [0.717, 1.165) is 83.5 Å². The van der Waals surface area contributed by atoms with Crippen LogP contribution in [-0.4, -0.2) is 68.5 Å². The molecule has 3 unspecified atom stereocenters. The third kappa shape index (κ3) is 61.8. The van der Waals surface area contributed by atoms with Crippen molar-refractivity contribution in [2.45, 2.75) is 334 Å². The van der Waals surface area contributed by atoms with Gasteiger partial charge in [-0.2, -0.15) is 0 Å². The number of aliphatic hydroxyl groups is 1. The fraction of sp³-hybridized carbons (Fsp3) is 0.841. The molecule has 0 saturated carbocycles. The summed E-state index contributed by atoms with van der Waals surface area (Å²) >= 11 is 0. The van der Waals surface area contributed by atoms with E-state index in [1.54, 1.807) is 0 Å². The maximum atomic E-state index is 13.0. The van der Waals surface area contributed by atoms with Crippen LogP contribution in [0.5, 0.6) is 0 Å². The van der Waals surface area contributed by atoms with Crippen LogP contribution in [0.25, 0.3) is 0 Å². The highest BCUT2D eigenvalue weighted by Gasteiger charge is 2.24. The van der Waals surface area contributed by atoms with Crippen molar-refractivity contribution in [3.05, 3.63) is 60.8 Å². The van der Waals surface area contributed by atoms with Gasteiger partial charge in [0, 0.05) is 6.42 Å².